The van der Waals surface area contributed by atoms with Crippen molar-refractivity contribution in [3.8, 4) is 0 Å². The van der Waals surface area contributed by atoms with Gasteiger partial charge in [0.25, 0.3) is 0 Å². The van der Waals surface area contributed by atoms with E-state index in [1.807, 2.05) is 19.2 Å². The SMILES string of the molecule is CNC(C)Cc1noc(CN(Cc2ccccc2)Cc2ccccc2)n1. The van der Waals surface area contributed by atoms with Crippen LogP contribution in [0.1, 0.15) is 29.8 Å². The molecule has 1 N–H and O–H groups in total. The quantitative estimate of drug-likeness (QED) is 0.641. The summed E-state index contributed by atoms with van der Waals surface area (Å²) in [4.78, 5) is 6.88. The molecular formula is C21H26N4O. The molecule has 0 fully saturated rings. The lowest BCUT2D eigenvalue weighted by Crippen LogP contribution is -2.24. The maximum Gasteiger partial charge on any atom is 0.240 e. The molecule has 136 valence electrons. The van der Waals surface area contributed by atoms with Crippen molar-refractivity contribution in [2.45, 2.75) is 39.0 Å². The van der Waals surface area contributed by atoms with Crippen molar-refractivity contribution < 1.29 is 4.52 Å². The number of likely N-dealkylation sites (N-methyl/N-ethyl adjacent to an activating group) is 1. The van der Waals surface area contributed by atoms with E-state index in [-0.39, 0.29) is 0 Å². The highest BCUT2D eigenvalue weighted by atomic mass is 16.5. The summed E-state index contributed by atoms with van der Waals surface area (Å²) in [6, 6.07) is 21.3. The third-order valence-corrected chi connectivity index (χ3v) is 4.35. The molecule has 3 rings (SSSR count). The first-order chi connectivity index (χ1) is 12.7. The second-order valence-corrected chi connectivity index (χ2v) is 6.61. The van der Waals surface area contributed by atoms with Crippen LogP contribution in [0.2, 0.25) is 0 Å². The van der Waals surface area contributed by atoms with Gasteiger partial charge < -0.3 is 9.84 Å². The van der Waals surface area contributed by atoms with Gasteiger partial charge in [0, 0.05) is 25.6 Å². The average Bonchev–Trinajstić information content (AvgIpc) is 3.10. The van der Waals surface area contributed by atoms with Crippen molar-refractivity contribution in [1.29, 1.82) is 0 Å². The monoisotopic (exact) mass is 350 g/mol. The Balaban J connectivity index is 1.70. The predicted octanol–water partition coefficient (Wildman–Crippen LogP) is 3.42. The molecule has 1 atom stereocenters. The van der Waals surface area contributed by atoms with E-state index in [2.05, 4.69) is 75.8 Å². The van der Waals surface area contributed by atoms with Crippen molar-refractivity contribution in [2.75, 3.05) is 7.05 Å². The van der Waals surface area contributed by atoms with Crippen molar-refractivity contribution >= 4 is 0 Å². The van der Waals surface area contributed by atoms with Crippen LogP contribution in [0, 0.1) is 0 Å². The van der Waals surface area contributed by atoms with Crippen LogP contribution in [0.3, 0.4) is 0 Å². The van der Waals surface area contributed by atoms with Gasteiger partial charge in [-0.05, 0) is 25.1 Å². The number of aromatic nitrogens is 2. The minimum Gasteiger partial charge on any atom is -0.338 e. The fourth-order valence-corrected chi connectivity index (χ4v) is 2.86. The van der Waals surface area contributed by atoms with Crippen molar-refractivity contribution in [1.82, 2.24) is 20.4 Å². The summed E-state index contributed by atoms with van der Waals surface area (Å²) in [7, 11) is 1.94. The molecular weight excluding hydrogens is 324 g/mol. The number of benzene rings is 2. The minimum absolute atomic E-state index is 0.324. The van der Waals surface area contributed by atoms with Gasteiger partial charge in [-0.3, -0.25) is 4.90 Å². The molecule has 0 spiro atoms. The predicted molar refractivity (Wildman–Crippen MR) is 102 cm³/mol. The van der Waals surface area contributed by atoms with Crippen molar-refractivity contribution in [3.63, 3.8) is 0 Å². The van der Waals surface area contributed by atoms with Gasteiger partial charge >= 0.3 is 0 Å². The molecule has 0 saturated carbocycles. The van der Waals surface area contributed by atoms with Crippen LogP contribution in [-0.2, 0) is 26.1 Å². The highest BCUT2D eigenvalue weighted by molar-refractivity contribution is 5.17. The molecule has 1 aromatic heterocycles. The maximum absolute atomic E-state index is 5.49. The van der Waals surface area contributed by atoms with Gasteiger partial charge in [-0.1, -0.05) is 65.8 Å². The smallest absolute Gasteiger partial charge is 0.240 e. The second kappa shape index (κ2) is 9.27. The van der Waals surface area contributed by atoms with Gasteiger partial charge in [0.15, 0.2) is 5.82 Å². The lowest BCUT2D eigenvalue weighted by atomic mass is 10.1. The Kier molecular flexibility index (Phi) is 6.52. The number of nitrogens with zero attached hydrogens (tertiary/aromatic N) is 3. The molecule has 26 heavy (non-hydrogen) atoms. The van der Waals surface area contributed by atoms with E-state index in [1.165, 1.54) is 11.1 Å². The lowest BCUT2D eigenvalue weighted by molar-refractivity contribution is 0.211. The molecule has 0 aliphatic heterocycles. The van der Waals surface area contributed by atoms with E-state index in [9.17, 15) is 0 Å². The van der Waals surface area contributed by atoms with Crippen LogP contribution in [0.5, 0.6) is 0 Å². The van der Waals surface area contributed by atoms with E-state index in [0.29, 0.717) is 18.5 Å². The maximum atomic E-state index is 5.49. The average molecular weight is 350 g/mol. The molecule has 0 bridgehead atoms. The van der Waals surface area contributed by atoms with Gasteiger partial charge in [-0.25, -0.2) is 0 Å². The van der Waals surface area contributed by atoms with E-state index in [4.69, 9.17) is 4.52 Å². The summed E-state index contributed by atoms with van der Waals surface area (Å²) in [6.45, 7) is 4.40. The van der Waals surface area contributed by atoms with Crippen LogP contribution in [0.4, 0.5) is 0 Å². The highest BCUT2D eigenvalue weighted by Crippen LogP contribution is 2.13. The van der Waals surface area contributed by atoms with Crippen LogP contribution in [0.15, 0.2) is 65.2 Å². The molecule has 1 heterocycles. The van der Waals surface area contributed by atoms with Crippen LogP contribution in [0.25, 0.3) is 0 Å². The van der Waals surface area contributed by atoms with Gasteiger partial charge in [0.2, 0.25) is 5.89 Å². The molecule has 0 aliphatic rings. The molecule has 0 aliphatic carbocycles. The van der Waals surface area contributed by atoms with Gasteiger partial charge in [-0.15, -0.1) is 0 Å². The first kappa shape index (κ1) is 18.3. The van der Waals surface area contributed by atoms with Crippen molar-refractivity contribution in [3.05, 3.63) is 83.5 Å². The van der Waals surface area contributed by atoms with E-state index >= 15 is 0 Å². The summed E-state index contributed by atoms with van der Waals surface area (Å²) in [6.07, 6.45) is 0.761. The fraction of sp³-hybridized carbons (Fsp3) is 0.333. The molecule has 5 nitrogen and oxygen atoms in total. The summed E-state index contributed by atoms with van der Waals surface area (Å²) < 4.78 is 5.49. The Bertz CT molecular complexity index is 731. The zero-order valence-corrected chi connectivity index (χ0v) is 15.4. The van der Waals surface area contributed by atoms with Gasteiger partial charge in [0.05, 0.1) is 6.54 Å². The summed E-state index contributed by atoms with van der Waals surface area (Å²) in [5, 5.41) is 7.32. The zero-order valence-electron chi connectivity index (χ0n) is 15.4. The Morgan fingerprint density at radius 2 is 1.50 bits per heavy atom. The Hall–Kier alpha value is -2.50. The molecule has 3 aromatic rings. The summed E-state index contributed by atoms with van der Waals surface area (Å²) >= 11 is 0. The largest absolute Gasteiger partial charge is 0.338 e. The number of hydrogen-bond acceptors (Lipinski definition) is 5. The Morgan fingerprint density at radius 1 is 0.923 bits per heavy atom. The molecule has 0 saturated heterocycles. The fourth-order valence-electron chi connectivity index (χ4n) is 2.86. The van der Waals surface area contributed by atoms with Crippen molar-refractivity contribution in [2.24, 2.45) is 0 Å². The number of nitrogens with one attached hydrogen (secondary N) is 1. The third-order valence-electron chi connectivity index (χ3n) is 4.35. The first-order valence-electron chi connectivity index (χ1n) is 9.02. The van der Waals surface area contributed by atoms with Crippen LogP contribution >= 0.6 is 0 Å². The number of rotatable bonds is 9. The van der Waals surface area contributed by atoms with E-state index < -0.39 is 0 Å². The van der Waals surface area contributed by atoms with E-state index in [1.54, 1.807) is 0 Å². The molecule has 5 heteroatoms. The minimum atomic E-state index is 0.324. The Labute approximate surface area is 155 Å². The Morgan fingerprint density at radius 3 is 2.04 bits per heavy atom. The standard InChI is InChI=1S/C21H26N4O/c1-17(22-2)13-20-23-21(26-24-20)16-25(14-18-9-5-3-6-10-18)15-19-11-7-4-8-12-19/h3-12,17,22H,13-16H2,1-2H3. The molecule has 1 unspecified atom stereocenters. The second-order valence-electron chi connectivity index (χ2n) is 6.61. The zero-order chi connectivity index (χ0) is 18.2. The van der Waals surface area contributed by atoms with Crippen LogP contribution < -0.4 is 5.32 Å². The first-order valence-corrected chi connectivity index (χ1v) is 9.02. The normalized spacial score (nSPS) is 12.4. The lowest BCUT2D eigenvalue weighted by Gasteiger charge is -2.20. The number of hydrogen-bond donors (Lipinski definition) is 1. The molecule has 0 radical (unpaired) electrons. The van der Waals surface area contributed by atoms with Gasteiger partial charge in [0.1, 0.15) is 0 Å². The third kappa shape index (κ3) is 5.51. The van der Waals surface area contributed by atoms with Gasteiger partial charge in [-0.2, -0.15) is 4.98 Å². The van der Waals surface area contributed by atoms with Crippen LogP contribution in [-0.4, -0.2) is 28.1 Å². The summed E-state index contributed by atoms with van der Waals surface area (Å²) in [5.74, 6) is 1.41. The topological polar surface area (TPSA) is 54.2 Å². The molecule has 0 amide bonds. The summed E-state index contributed by atoms with van der Waals surface area (Å²) in [5.41, 5.74) is 2.54. The van der Waals surface area contributed by atoms with E-state index in [0.717, 1.165) is 25.3 Å². The highest BCUT2D eigenvalue weighted by Gasteiger charge is 2.14. The molecule has 2 aromatic carbocycles.